The first kappa shape index (κ1) is 19.1. The van der Waals surface area contributed by atoms with Crippen LogP contribution in [0.5, 0.6) is 0 Å². The fourth-order valence-electron chi connectivity index (χ4n) is 4.20. The van der Waals surface area contributed by atoms with Gasteiger partial charge in [0.2, 0.25) is 5.91 Å². The summed E-state index contributed by atoms with van der Waals surface area (Å²) in [5.74, 6) is 1.12. The van der Waals surface area contributed by atoms with Crippen LogP contribution in [0.25, 0.3) is 0 Å². The monoisotopic (exact) mass is 353 g/mol. The summed E-state index contributed by atoms with van der Waals surface area (Å²) in [5.41, 5.74) is 0. The van der Waals surface area contributed by atoms with Crippen LogP contribution in [0, 0.1) is 5.92 Å². The Morgan fingerprint density at radius 2 is 1.76 bits per heavy atom. The number of carbonyl (C=O) groups excluding carboxylic acids is 1. The van der Waals surface area contributed by atoms with Crippen LogP contribution in [0.1, 0.15) is 32.6 Å². The molecular formula is C19H35N3O3. The minimum absolute atomic E-state index is 0.176. The van der Waals surface area contributed by atoms with Crippen molar-refractivity contribution in [3.63, 3.8) is 0 Å². The van der Waals surface area contributed by atoms with E-state index in [2.05, 4.69) is 9.80 Å². The molecule has 6 nitrogen and oxygen atoms in total. The SMILES string of the molecule is C[C@@H]1CN(C(=O)CN2CCC(CCCN3CCOCC3)CC2)CCO1. The molecule has 0 aromatic carbocycles. The van der Waals surface area contributed by atoms with Crippen molar-refractivity contribution in [2.24, 2.45) is 5.92 Å². The summed E-state index contributed by atoms with van der Waals surface area (Å²) in [6, 6.07) is 0. The highest BCUT2D eigenvalue weighted by atomic mass is 16.5. The summed E-state index contributed by atoms with van der Waals surface area (Å²) in [7, 11) is 0. The molecule has 0 unspecified atom stereocenters. The molecule has 0 saturated carbocycles. The van der Waals surface area contributed by atoms with Crippen LogP contribution in [-0.2, 0) is 14.3 Å². The first-order chi connectivity index (χ1) is 12.2. The molecule has 25 heavy (non-hydrogen) atoms. The van der Waals surface area contributed by atoms with E-state index in [9.17, 15) is 4.79 Å². The van der Waals surface area contributed by atoms with Gasteiger partial charge in [0.25, 0.3) is 0 Å². The van der Waals surface area contributed by atoms with Gasteiger partial charge in [0.05, 0.1) is 32.5 Å². The van der Waals surface area contributed by atoms with Crippen LogP contribution in [-0.4, -0.2) is 98.9 Å². The highest BCUT2D eigenvalue weighted by Crippen LogP contribution is 2.22. The van der Waals surface area contributed by atoms with Crippen molar-refractivity contribution >= 4 is 5.91 Å². The molecule has 3 aliphatic heterocycles. The summed E-state index contributed by atoms with van der Waals surface area (Å²) >= 11 is 0. The van der Waals surface area contributed by atoms with Crippen LogP contribution in [0.15, 0.2) is 0 Å². The molecular weight excluding hydrogens is 318 g/mol. The van der Waals surface area contributed by atoms with Crippen molar-refractivity contribution in [2.75, 3.05) is 72.2 Å². The third-order valence-corrected chi connectivity index (χ3v) is 5.85. The first-order valence-corrected chi connectivity index (χ1v) is 10.1. The number of amides is 1. The third kappa shape index (κ3) is 6.20. The lowest BCUT2D eigenvalue weighted by atomic mass is 9.92. The number of piperidine rings is 1. The van der Waals surface area contributed by atoms with Gasteiger partial charge >= 0.3 is 0 Å². The number of morpholine rings is 2. The topological polar surface area (TPSA) is 45.3 Å². The van der Waals surface area contributed by atoms with Crippen LogP contribution in [0.4, 0.5) is 0 Å². The highest BCUT2D eigenvalue weighted by molar-refractivity contribution is 5.78. The van der Waals surface area contributed by atoms with Crippen molar-refractivity contribution in [1.82, 2.24) is 14.7 Å². The second-order valence-corrected chi connectivity index (χ2v) is 7.84. The van der Waals surface area contributed by atoms with Gasteiger partial charge in [-0.25, -0.2) is 0 Å². The number of hydrogen-bond acceptors (Lipinski definition) is 5. The van der Waals surface area contributed by atoms with E-state index in [0.717, 1.165) is 58.4 Å². The van der Waals surface area contributed by atoms with Gasteiger partial charge in [0.15, 0.2) is 0 Å². The van der Waals surface area contributed by atoms with E-state index in [1.165, 1.54) is 32.2 Å². The van der Waals surface area contributed by atoms with Crippen LogP contribution < -0.4 is 0 Å². The molecule has 3 heterocycles. The van der Waals surface area contributed by atoms with Gasteiger partial charge in [-0.1, -0.05) is 0 Å². The lowest BCUT2D eigenvalue weighted by Crippen LogP contribution is -2.49. The summed E-state index contributed by atoms with van der Waals surface area (Å²) in [5, 5.41) is 0. The molecule has 144 valence electrons. The lowest BCUT2D eigenvalue weighted by molar-refractivity contribution is -0.139. The van der Waals surface area contributed by atoms with E-state index in [4.69, 9.17) is 9.47 Å². The van der Waals surface area contributed by atoms with Crippen molar-refractivity contribution in [3.8, 4) is 0 Å². The van der Waals surface area contributed by atoms with Crippen molar-refractivity contribution in [2.45, 2.75) is 38.7 Å². The fourth-order valence-corrected chi connectivity index (χ4v) is 4.20. The van der Waals surface area contributed by atoms with Gasteiger partial charge in [0, 0.05) is 26.2 Å². The Morgan fingerprint density at radius 1 is 1.00 bits per heavy atom. The maximum atomic E-state index is 12.5. The second-order valence-electron chi connectivity index (χ2n) is 7.84. The van der Waals surface area contributed by atoms with Gasteiger partial charge in [-0.15, -0.1) is 0 Å². The van der Waals surface area contributed by atoms with Gasteiger partial charge in [-0.2, -0.15) is 0 Å². The van der Waals surface area contributed by atoms with E-state index >= 15 is 0 Å². The van der Waals surface area contributed by atoms with E-state index in [0.29, 0.717) is 13.2 Å². The molecule has 0 bridgehead atoms. The molecule has 1 amide bonds. The first-order valence-electron chi connectivity index (χ1n) is 10.1. The van der Waals surface area contributed by atoms with Crippen LogP contribution in [0.3, 0.4) is 0 Å². The Labute approximate surface area is 152 Å². The number of hydrogen-bond donors (Lipinski definition) is 0. The van der Waals surface area contributed by atoms with Crippen molar-refractivity contribution in [3.05, 3.63) is 0 Å². The molecule has 3 fully saturated rings. The quantitative estimate of drug-likeness (QED) is 0.714. The highest BCUT2D eigenvalue weighted by Gasteiger charge is 2.25. The maximum Gasteiger partial charge on any atom is 0.236 e. The van der Waals surface area contributed by atoms with Crippen molar-refractivity contribution < 1.29 is 14.3 Å². The molecule has 6 heteroatoms. The Balaban J connectivity index is 1.28. The number of nitrogens with zero attached hydrogens (tertiary/aromatic N) is 3. The Hall–Kier alpha value is -0.690. The predicted octanol–water partition coefficient (Wildman–Crippen LogP) is 1.06. The summed E-state index contributed by atoms with van der Waals surface area (Å²) in [6.07, 6.45) is 5.30. The minimum Gasteiger partial charge on any atom is -0.379 e. The van der Waals surface area contributed by atoms with Gasteiger partial charge in [-0.05, 0) is 58.2 Å². The Bertz CT molecular complexity index is 407. The molecule has 0 N–H and O–H groups in total. The third-order valence-electron chi connectivity index (χ3n) is 5.85. The molecule has 1 atom stereocenters. The minimum atomic E-state index is 0.176. The summed E-state index contributed by atoms with van der Waals surface area (Å²) in [4.78, 5) is 19.3. The van der Waals surface area contributed by atoms with E-state index < -0.39 is 0 Å². The Kier molecular flexibility index (Phi) is 7.52. The standard InChI is InChI=1S/C19H35N3O3/c1-17-15-22(11-14-25-17)19(23)16-21-7-4-18(5-8-21)3-2-6-20-9-12-24-13-10-20/h17-18H,2-16H2,1H3/t17-/m1/s1. The van der Waals surface area contributed by atoms with E-state index in [1.807, 2.05) is 11.8 Å². The lowest BCUT2D eigenvalue weighted by Gasteiger charge is -2.35. The maximum absolute atomic E-state index is 12.5. The summed E-state index contributed by atoms with van der Waals surface area (Å²) < 4.78 is 10.9. The molecule has 3 saturated heterocycles. The molecule has 3 rings (SSSR count). The number of carbonyl (C=O) groups is 1. The van der Waals surface area contributed by atoms with E-state index in [-0.39, 0.29) is 12.0 Å². The second kappa shape index (κ2) is 9.86. The average molecular weight is 354 g/mol. The molecule has 0 aromatic heterocycles. The fraction of sp³-hybridized carbons (Fsp3) is 0.947. The molecule has 0 spiro atoms. The predicted molar refractivity (Wildman–Crippen MR) is 97.7 cm³/mol. The zero-order valence-corrected chi connectivity index (χ0v) is 15.8. The number of ether oxygens (including phenoxy) is 2. The number of likely N-dealkylation sites (tertiary alicyclic amines) is 1. The molecule has 3 aliphatic rings. The van der Waals surface area contributed by atoms with Crippen molar-refractivity contribution in [1.29, 1.82) is 0 Å². The van der Waals surface area contributed by atoms with Crippen LogP contribution in [0.2, 0.25) is 0 Å². The zero-order valence-electron chi connectivity index (χ0n) is 15.8. The number of rotatable bonds is 6. The zero-order chi connectivity index (χ0) is 17.5. The molecule has 0 aromatic rings. The largest absolute Gasteiger partial charge is 0.379 e. The van der Waals surface area contributed by atoms with Crippen LogP contribution >= 0.6 is 0 Å². The van der Waals surface area contributed by atoms with Gasteiger partial charge in [0.1, 0.15) is 0 Å². The average Bonchev–Trinajstić information content (AvgIpc) is 2.64. The van der Waals surface area contributed by atoms with Gasteiger partial charge < -0.3 is 14.4 Å². The normalized spacial score (nSPS) is 27.6. The smallest absolute Gasteiger partial charge is 0.236 e. The van der Waals surface area contributed by atoms with E-state index in [1.54, 1.807) is 0 Å². The molecule has 0 radical (unpaired) electrons. The Morgan fingerprint density at radius 3 is 2.48 bits per heavy atom. The summed E-state index contributed by atoms with van der Waals surface area (Å²) in [6.45, 7) is 12.2. The van der Waals surface area contributed by atoms with Gasteiger partial charge in [-0.3, -0.25) is 14.6 Å². The molecule has 0 aliphatic carbocycles.